The van der Waals surface area contributed by atoms with Crippen LogP contribution in [0.4, 0.5) is 5.69 Å². The number of benzene rings is 1. The molecule has 0 N–H and O–H groups in total. The molecule has 2 heteroatoms. The Hall–Kier alpha value is -2.40. The molecule has 0 bridgehead atoms. The van der Waals surface area contributed by atoms with Crippen molar-refractivity contribution in [3.05, 3.63) is 71.3 Å². The summed E-state index contributed by atoms with van der Waals surface area (Å²) in [7, 11) is 0. The SMILES string of the molecule is [C-]#[N+]c1ccc(/C=C/c2cccnc2)cc1. The summed E-state index contributed by atoms with van der Waals surface area (Å²) in [6.07, 6.45) is 7.57. The zero-order chi connectivity index (χ0) is 11.2. The highest BCUT2D eigenvalue weighted by atomic mass is 14.6. The average Bonchev–Trinajstić information content (AvgIpc) is 2.38. The van der Waals surface area contributed by atoms with Crippen molar-refractivity contribution in [3.8, 4) is 0 Å². The Bertz CT molecular complexity index is 519. The first-order valence-electron chi connectivity index (χ1n) is 4.94. The third-order valence-electron chi connectivity index (χ3n) is 2.17. The van der Waals surface area contributed by atoms with Crippen LogP contribution in [0.3, 0.4) is 0 Å². The van der Waals surface area contributed by atoms with Gasteiger partial charge in [-0.25, -0.2) is 4.85 Å². The van der Waals surface area contributed by atoms with Gasteiger partial charge in [0.1, 0.15) is 0 Å². The monoisotopic (exact) mass is 206 g/mol. The standard InChI is InChI=1S/C14H10N2/c1-15-14-8-6-12(7-9-14)4-5-13-3-2-10-16-11-13/h2-11H/b5-4+. The van der Waals surface area contributed by atoms with E-state index < -0.39 is 0 Å². The molecule has 1 heterocycles. The van der Waals surface area contributed by atoms with Gasteiger partial charge in [-0.15, -0.1) is 0 Å². The molecule has 2 rings (SSSR count). The fourth-order valence-electron chi connectivity index (χ4n) is 1.33. The number of hydrogen-bond donors (Lipinski definition) is 0. The highest BCUT2D eigenvalue weighted by Gasteiger charge is 1.90. The van der Waals surface area contributed by atoms with Crippen molar-refractivity contribution in [2.45, 2.75) is 0 Å². The molecular weight excluding hydrogens is 196 g/mol. The maximum atomic E-state index is 6.85. The summed E-state index contributed by atoms with van der Waals surface area (Å²) in [5.74, 6) is 0. The van der Waals surface area contributed by atoms with Gasteiger partial charge >= 0.3 is 0 Å². The van der Waals surface area contributed by atoms with E-state index in [-0.39, 0.29) is 0 Å². The molecule has 0 spiro atoms. The topological polar surface area (TPSA) is 17.2 Å². The van der Waals surface area contributed by atoms with Gasteiger partial charge in [-0.2, -0.15) is 0 Å². The summed E-state index contributed by atoms with van der Waals surface area (Å²) < 4.78 is 0. The number of pyridine rings is 1. The normalized spacial score (nSPS) is 10.2. The molecule has 0 atom stereocenters. The van der Waals surface area contributed by atoms with Gasteiger partial charge in [-0.05, 0) is 17.2 Å². The molecule has 1 aromatic heterocycles. The molecule has 0 saturated heterocycles. The highest BCUT2D eigenvalue weighted by Crippen LogP contribution is 2.14. The van der Waals surface area contributed by atoms with Gasteiger partial charge in [0.25, 0.3) is 0 Å². The molecule has 2 aromatic rings. The van der Waals surface area contributed by atoms with Crippen molar-refractivity contribution in [3.63, 3.8) is 0 Å². The highest BCUT2D eigenvalue weighted by molar-refractivity contribution is 5.70. The average molecular weight is 206 g/mol. The van der Waals surface area contributed by atoms with Gasteiger partial charge in [-0.1, -0.05) is 42.5 Å². The van der Waals surface area contributed by atoms with Crippen LogP contribution in [0.2, 0.25) is 0 Å². The Morgan fingerprint density at radius 3 is 2.38 bits per heavy atom. The maximum Gasteiger partial charge on any atom is 0.187 e. The molecule has 1 aromatic carbocycles. The molecule has 16 heavy (non-hydrogen) atoms. The van der Waals surface area contributed by atoms with Gasteiger partial charge in [0.2, 0.25) is 0 Å². The van der Waals surface area contributed by atoms with Crippen molar-refractivity contribution in [2.75, 3.05) is 0 Å². The molecule has 0 amide bonds. The van der Waals surface area contributed by atoms with Crippen LogP contribution in [-0.4, -0.2) is 4.98 Å². The third kappa shape index (κ3) is 2.55. The first kappa shape index (κ1) is 10.1. The zero-order valence-corrected chi connectivity index (χ0v) is 8.67. The minimum atomic E-state index is 0.665. The number of aromatic nitrogens is 1. The summed E-state index contributed by atoms with van der Waals surface area (Å²) in [4.78, 5) is 7.38. The molecule has 0 radical (unpaired) electrons. The molecule has 0 aliphatic rings. The lowest BCUT2D eigenvalue weighted by Gasteiger charge is -1.94. The number of rotatable bonds is 2. The lowest BCUT2D eigenvalue weighted by molar-refractivity contribution is 1.32. The minimum Gasteiger partial charge on any atom is -0.264 e. The minimum absolute atomic E-state index is 0.665. The van der Waals surface area contributed by atoms with Crippen molar-refractivity contribution < 1.29 is 0 Å². The van der Waals surface area contributed by atoms with E-state index in [1.165, 1.54) is 0 Å². The lowest BCUT2D eigenvalue weighted by atomic mass is 10.1. The molecule has 0 saturated carbocycles. The molecule has 0 aliphatic carbocycles. The molecule has 0 aliphatic heterocycles. The van der Waals surface area contributed by atoms with E-state index in [1.807, 2.05) is 54.7 Å². The van der Waals surface area contributed by atoms with Crippen LogP contribution in [0.25, 0.3) is 17.0 Å². The summed E-state index contributed by atoms with van der Waals surface area (Å²) in [5, 5.41) is 0. The van der Waals surface area contributed by atoms with Crippen LogP contribution < -0.4 is 0 Å². The van der Waals surface area contributed by atoms with Gasteiger partial charge in [0.05, 0.1) is 6.57 Å². The third-order valence-corrected chi connectivity index (χ3v) is 2.17. The Morgan fingerprint density at radius 2 is 1.75 bits per heavy atom. The lowest BCUT2D eigenvalue weighted by Crippen LogP contribution is -1.74. The van der Waals surface area contributed by atoms with Crippen molar-refractivity contribution in [1.82, 2.24) is 4.98 Å². The maximum absolute atomic E-state index is 6.85. The molecule has 2 nitrogen and oxygen atoms in total. The largest absolute Gasteiger partial charge is 0.264 e. The Morgan fingerprint density at radius 1 is 1.00 bits per heavy atom. The van der Waals surface area contributed by atoms with Crippen LogP contribution in [0.1, 0.15) is 11.1 Å². The van der Waals surface area contributed by atoms with Crippen LogP contribution in [0.5, 0.6) is 0 Å². The summed E-state index contributed by atoms with van der Waals surface area (Å²) in [5.41, 5.74) is 2.81. The van der Waals surface area contributed by atoms with E-state index in [1.54, 1.807) is 6.20 Å². The molecule has 0 unspecified atom stereocenters. The van der Waals surface area contributed by atoms with E-state index in [4.69, 9.17) is 6.57 Å². The van der Waals surface area contributed by atoms with Gasteiger partial charge in [0.15, 0.2) is 5.69 Å². The summed E-state index contributed by atoms with van der Waals surface area (Å²) >= 11 is 0. The number of hydrogen-bond acceptors (Lipinski definition) is 1. The fraction of sp³-hybridized carbons (Fsp3) is 0. The smallest absolute Gasteiger partial charge is 0.187 e. The summed E-state index contributed by atoms with van der Waals surface area (Å²) in [6.45, 7) is 6.85. The Balaban J connectivity index is 2.15. The molecular formula is C14H10N2. The van der Waals surface area contributed by atoms with Crippen LogP contribution in [0.15, 0.2) is 48.8 Å². The first-order valence-corrected chi connectivity index (χ1v) is 4.94. The second-order valence-electron chi connectivity index (χ2n) is 3.32. The predicted octanol–water partition coefficient (Wildman–Crippen LogP) is 3.80. The van der Waals surface area contributed by atoms with E-state index >= 15 is 0 Å². The van der Waals surface area contributed by atoms with Crippen molar-refractivity contribution in [1.29, 1.82) is 0 Å². The van der Waals surface area contributed by atoms with Gasteiger partial charge in [0, 0.05) is 12.4 Å². The van der Waals surface area contributed by atoms with E-state index in [9.17, 15) is 0 Å². The zero-order valence-electron chi connectivity index (χ0n) is 8.67. The first-order chi connectivity index (χ1) is 7.88. The Kier molecular flexibility index (Phi) is 3.10. The van der Waals surface area contributed by atoms with E-state index in [2.05, 4.69) is 9.83 Å². The van der Waals surface area contributed by atoms with Gasteiger partial charge in [-0.3, -0.25) is 4.98 Å². The summed E-state index contributed by atoms with van der Waals surface area (Å²) in [6, 6.07) is 11.4. The predicted molar refractivity (Wildman–Crippen MR) is 65.9 cm³/mol. The van der Waals surface area contributed by atoms with Crippen molar-refractivity contribution >= 4 is 17.8 Å². The quantitative estimate of drug-likeness (QED) is 0.683. The molecule has 0 fully saturated rings. The van der Waals surface area contributed by atoms with Crippen LogP contribution >= 0.6 is 0 Å². The van der Waals surface area contributed by atoms with Crippen LogP contribution in [-0.2, 0) is 0 Å². The fourth-order valence-corrected chi connectivity index (χ4v) is 1.33. The number of nitrogens with zero attached hydrogens (tertiary/aromatic N) is 2. The second kappa shape index (κ2) is 4.90. The van der Waals surface area contributed by atoms with Crippen LogP contribution in [0, 0.1) is 6.57 Å². The van der Waals surface area contributed by atoms with E-state index in [0.717, 1.165) is 11.1 Å². The van der Waals surface area contributed by atoms with Gasteiger partial charge < -0.3 is 0 Å². The van der Waals surface area contributed by atoms with Crippen molar-refractivity contribution in [2.24, 2.45) is 0 Å². The second-order valence-corrected chi connectivity index (χ2v) is 3.32. The van der Waals surface area contributed by atoms with E-state index in [0.29, 0.717) is 5.69 Å². The Labute approximate surface area is 94.7 Å². The molecule has 76 valence electrons.